The summed E-state index contributed by atoms with van der Waals surface area (Å²) in [5.41, 5.74) is -0.142. The third kappa shape index (κ3) is 3.08. The van der Waals surface area contributed by atoms with Crippen molar-refractivity contribution in [2.75, 3.05) is 13.1 Å². The highest BCUT2D eigenvalue weighted by Gasteiger charge is 2.42. The van der Waals surface area contributed by atoms with Crippen molar-refractivity contribution >= 4 is 11.9 Å². The van der Waals surface area contributed by atoms with Crippen LogP contribution in [0.4, 0.5) is 0 Å². The molecule has 108 valence electrons. The summed E-state index contributed by atoms with van der Waals surface area (Å²) < 4.78 is 0. The Morgan fingerprint density at radius 2 is 2.00 bits per heavy atom. The number of carbonyl (C=O) groups is 2. The third-order valence-corrected chi connectivity index (χ3v) is 4.71. The van der Waals surface area contributed by atoms with E-state index in [9.17, 15) is 9.59 Å². The minimum absolute atomic E-state index is 0.0968. The van der Waals surface area contributed by atoms with Crippen molar-refractivity contribution in [3.05, 3.63) is 0 Å². The summed E-state index contributed by atoms with van der Waals surface area (Å²) in [7, 11) is 0. The van der Waals surface area contributed by atoms with Crippen molar-refractivity contribution in [2.45, 2.75) is 58.0 Å². The molecule has 0 atom stereocenters. The first-order valence-corrected chi connectivity index (χ1v) is 7.21. The number of hydrogen-bond donors (Lipinski definition) is 2. The quantitative estimate of drug-likeness (QED) is 0.760. The first kappa shape index (κ1) is 14.3. The molecule has 0 aliphatic heterocycles. The second kappa shape index (κ2) is 5.49. The van der Waals surface area contributed by atoms with E-state index in [-0.39, 0.29) is 23.9 Å². The normalized spacial score (nSPS) is 28.4. The molecule has 2 rings (SSSR count). The Balaban J connectivity index is 1.73. The topological polar surface area (TPSA) is 69.6 Å². The van der Waals surface area contributed by atoms with Crippen LogP contribution in [-0.4, -0.2) is 47.1 Å². The number of aliphatic carboxylic acids is 1. The number of carboxylic acids is 1. The lowest BCUT2D eigenvalue weighted by Crippen LogP contribution is -2.57. The van der Waals surface area contributed by atoms with Gasteiger partial charge in [0.1, 0.15) is 0 Å². The largest absolute Gasteiger partial charge is 0.480 e. The fourth-order valence-corrected chi connectivity index (χ4v) is 2.97. The van der Waals surface area contributed by atoms with Gasteiger partial charge >= 0.3 is 5.97 Å². The van der Waals surface area contributed by atoms with Crippen molar-refractivity contribution in [3.63, 3.8) is 0 Å². The van der Waals surface area contributed by atoms with Crippen LogP contribution in [0.5, 0.6) is 0 Å². The van der Waals surface area contributed by atoms with Crippen molar-refractivity contribution in [1.29, 1.82) is 0 Å². The summed E-state index contributed by atoms with van der Waals surface area (Å²) in [6, 6.07) is 0.540. The molecule has 0 unspecified atom stereocenters. The maximum absolute atomic E-state index is 12.1. The molecule has 0 bridgehead atoms. The summed E-state index contributed by atoms with van der Waals surface area (Å²) in [6.45, 7) is 4.85. The molecule has 0 spiro atoms. The number of nitrogens with zero attached hydrogens (tertiary/aromatic N) is 1. The Labute approximate surface area is 114 Å². The van der Waals surface area contributed by atoms with E-state index in [0.717, 1.165) is 38.6 Å². The smallest absolute Gasteiger partial charge is 0.317 e. The monoisotopic (exact) mass is 268 g/mol. The molecule has 0 aromatic heterocycles. The molecule has 19 heavy (non-hydrogen) atoms. The summed E-state index contributed by atoms with van der Waals surface area (Å²) >= 11 is 0. The van der Waals surface area contributed by atoms with Gasteiger partial charge in [0.2, 0.25) is 5.91 Å². The Morgan fingerprint density at radius 1 is 1.37 bits per heavy atom. The van der Waals surface area contributed by atoms with E-state index >= 15 is 0 Å². The SMILES string of the molecule is CCN(CC(=O)O)C1CC(NC(=O)C2(C)CCC2)C1. The first-order valence-electron chi connectivity index (χ1n) is 7.21. The van der Waals surface area contributed by atoms with Crippen molar-refractivity contribution in [1.82, 2.24) is 10.2 Å². The Morgan fingerprint density at radius 3 is 2.42 bits per heavy atom. The van der Waals surface area contributed by atoms with E-state index < -0.39 is 5.97 Å². The van der Waals surface area contributed by atoms with Gasteiger partial charge in [-0.05, 0) is 32.2 Å². The van der Waals surface area contributed by atoms with E-state index in [2.05, 4.69) is 5.32 Å². The lowest BCUT2D eigenvalue weighted by atomic mass is 9.69. The maximum atomic E-state index is 12.1. The number of likely N-dealkylation sites (N-methyl/N-ethyl adjacent to an activating group) is 1. The number of hydrogen-bond acceptors (Lipinski definition) is 3. The van der Waals surface area contributed by atoms with Gasteiger partial charge in [-0.3, -0.25) is 14.5 Å². The van der Waals surface area contributed by atoms with Gasteiger partial charge in [-0.2, -0.15) is 0 Å². The predicted molar refractivity (Wildman–Crippen MR) is 71.8 cm³/mol. The number of carbonyl (C=O) groups excluding carboxylic acids is 1. The third-order valence-electron chi connectivity index (χ3n) is 4.71. The number of carboxylic acid groups (broad SMARTS) is 1. The minimum atomic E-state index is -0.781. The molecule has 0 heterocycles. The van der Waals surface area contributed by atoms with Gasteiger partial charge < -0.3 is 10.4 Å². The van der Waals surface area contributed by atoms with Gasteiger partial charge in [0.15, 0.2) is 0 Å². The van der Waals surface area contributed by atoms with Crippen LogP contribution in [0.1, 0.15) is 46.0 Å². The Hall–Kier alpha value is -1.10. The molecule has 1 amide bonds. The summed E-state index contributed by atoms with van der Waals surface area (Å²) in [6.07, 6.45) is 4.90. The number of amides is 1. The number of nitrogens with one attached hydrogen (secondary N) is 1. The first-order chi connectivity index (χ1) is 8.94. The van der Waals surface area contributed by atoms with Gasteiger partial charge in [-0.1, -0.05) is 20.3 Å². The average Bonchev–Trinajstić information content (AvgIpc) is 2.26. The second-order valence-electron chi connectivity index (χ2n) is 6.17. The van der Waals surface area contributed by atoms with Crippen molar-refractivity contribution in [2.24, 2.45) is 5.41 Å². The predicted octanol–water partition coefficient (Wildman–Crippen LogP) is 1.23. The second-order valence-corrected chi connectivity index (χ2v) is 6.17. The fraction of sp³-hybridized carbons (Fsp3) is 0.857. The van der Waals surface area contributed by atoms with Crippen molar-refractivity contribution in [3.8, 4) is 0 Å². The molecule has 5 heteroatoms. The summed E-state index contributed by atoms with van der Waals surface area (Å²) in [5.74, 6) is -0.597. The van der Waals surface area contributed by atoms with Crippen LogP contribution in [-0.2, 0) is 9.59 Å². The maximum Gasteiger partial charge on any atom is 0.317 e. The van der Waals surface area contributed by atoms with Crippen LogP contribution in [0.15, 0.2) is 0 Å². The van der Waals surface area contributed by atoms with Crippen LogP contribution >= 0.6 is 0 Å². The molecular formula is C14H24N2O3. The summed E-state index contributed by atoms with van der Waals surface area (Å²) in [4.78, 5) is 24.8. The zero-order chi connectivity index (χ0) is 14.0. The lowest BCUT2D eigenvalue weighted by molar-refractivity contribution is -0.141. The molecule has 2 fully saturated rings. The van der Waals surface area contributed by atoms with E-state index in [1.54, 1.807) is 0 Å². The molecule has 0 radical (unpaired) electrons. The van der Waals surface area contributed by atoms with Crippen LogP contribution in [0, 0.1) is 5.41 Å². The molecule has 2 aliphatic carbocycles. The van der Waals surface area contributed by atoms with Crippen molar-refractivity contribution < 1.29 is 14.7 Å². The molecule has 2 N–H and O–H groups in total. The van der Waals surface area contributed by atoms with E-state index in [4.69, 9.17) is 5.11 Å². The zero-order valence-corrected chi connectivity index (χ0v) is 11.8. The highest BCUT2D eigenvalue weighted by Crippen LogP contribution is 2.41. The Bertz CT molecular complexity index is 360. The van der Waals surface area contributed by atoms with Gasteiger partial charge in [0.25, 0.3) is 0 Å². The molecule has 0 saturated heterocycles. The molecule has 5 nitrogen and oxygen atoms in total. The average molecular weight is 268 g/mol. The molecule has 2 saturated carbocycles. The Kier molecular flexibility index (Phi) is 4.13. The highest BCUT2D eigenvalue weighted by atomic mass is 16.4. The van der Waals surface area contributed by atoms with Crippen LogP contribution in [0.3, 0.4) is 0 Å². The van der Waals surface area contributed by atoms with E-state index in [1.165, 1.54) is 0 Å². The van der Waals surface area contributed by atoms with Gasteiger partial charge in [0, 0.05) is 17.5 Å². The zero-order valence-electron chi connectivity index (χ0n) is 11.8. The highest BCUT2D eigenvalue weighted by molar-refractivity contribution is 5.83. The standard InChI is InChI=1S/C14H24N2O3/c1-3-16(9-12(17)18)11-7-10(8-11)15-13(19)14(2)5-4-6-14/h10-11H,3-9H2,1-2H3,(H,15,19)(H,17,18). The minimum Gasteiger partial charge on any atom is -0.480 e. The lowest BCUT2D eigenvalue weighted by Gasteiger charge is -2.45. The summed E-state index contributed by atoms with van der Waals surface area (Å²) in [5, 5.41) is 11.9. The van der Waals surface area contributed by atoms with Crippen LogP contribution in [0.2, 0.25) is 0 Å². The van der Waals surface area contributed by atoms with E-state index in [0.29, 0.717) is 6.04 Å². The van der Waals surface area contributed by atoms with Gasteiger partial charge in [0.05, 0.1) is 6.54 Å². The molecule has 0 aromatic rings. The van der Waals surface area contributed by atoms with E-state index in [1.807, 2.05) is 18.7 Å². The molecule has 2 aliphatic rings. The molecular weight excluding hydrogens is 244 g/mol. The fourth-order valence-electron chi connectivity index (χ4n) is 2.97. The molecule has 0 aromatic carbocycles. The van der Waals surface area contributed by atoms with Crippen LogP contribution in [0.25, 0.3) is 0 Å². The van der Waals surface area contributed by atoms with Gasteiger partial charge in [-0.25, -0.2) is 0 Å². The van der Waals surface area contributed by atoms with Crippen LogP contribution < -0.4 is 5.32 Å². The van der Waals surface area contributed by atoms with Gasteiger partial charge in [-0.15, -0.1) is 0 Å². The number of rotatable bonds is 6.